The average Bonchev–Trinajstić information content (AvgIpc) is 2.81. The summed E-state index contributed by atoms with van der Waals surface area (Å²) in [7, 11) is 0. The van der Waals surface area contributed by atoms with Crippen molar-refractivity contribution in [2.45, 2.75) is 26.7 Å². The maximum Gasteiger partial charge on any atom is 0.226 e. The molecule has 6 heteroatoms. The molecule has 0 spiro atoms. The smallest absolute Gasteiger partial charge is 0.226 e. The molecule has 20 heavy (non-hydrogen) atoms. The monoisotopic (exact) mass is 355 g/mol. The van der Waals surface area contributed by atoms with E-state index < -0.39 is 0 Å². The maximum atomic E-state index is 5.55. The van der Waals surface area contributed by atoms with E-state index in [2.05, 4.69) is 50.3 Å². The van der Waals surface area contributed by atoms with Crippen molar-refractivity contribution < 1.29 is 4.74 Å². The molecule has 108 valence electrons. The van der Waals surface area contributed by atoms with Crippen molar-refractivity contribution in [1.82, 2.24) is 9.97 Å². The van der Waals surface area contributed by atoms with Gasteiger partial charge in [0.25, 0.3) is 0 Å². The molecule has 2 aromatic heterocycles. The summed E-state index contributed by atoms with van der Waals surface area (Å²) in [6.45, 7) is 5.51. The molecule has 0 amide bonds. The van der Waals surface area contributed by atoms with Gasteiger partial charge in [0.1, 0.15) is 0 Å². The normalized spacial score (nSPS) is 10.6. The predicted molar refractivity (Wildman–Crippen MR) is 86.8 cm³/mol. The van der Waals surface area contributed by atoms with Crippen LogP contribution in [0.1, 0.15) is 23.9 Å². The van der Waals surface area contributed by atoms with Crippen molar-refractivity contribution in [3.05, 3.63) is 32.6 Å². The van der Waals surface area contributed by atoms with Crippen molar-refractivity contribution in [2.75, 3.05) is 18.5 Å². The van der Waals surface area contributed by atoms with Crippen LogP contribution in [0.25, 0.3) is 0 Å². The number of aromatic nitrogens is 2. The van der Waals surface area contributed by atoms with Crippen molar-refractivity contribution in [3.63, 3.8) is 0 Å². The molecule has 0 aromatic carbocycles. The van der Waals surface area contributed by atoms with E-state index in [1.54, 1.807) is 11.3 Å². The van der Waals surface area contributed by atoms with E-state index in [1.165, 1.54) is 4.88 Å². The van der Waals surface area contributed by atoms with E-state index >= 15 is 0 Å². The van der Waals surface area contributed by atoms with Crippen molar-refractivity contribution >= 4 is 33.2 Å². The predicted octanol–water partition coefficient (Wildman–Crippen LogP) is 4.05. The van der Waals surface area contributed by atoms with Crippen LogP contribution in [0.2, 0.25) is 0 Å². The lowest BCUT2D eigenvalue weighted by atomic mass is 10.3. The van der Waals surface area contributed by atoms with Gasteiger partial charge in [-0.15, -0.1) is 11.3 Å². The molecular weight excluding hydrogens is 338 g/mol. The molecule has 0 saturated heterocycles. The van der Waals surface area contributed by atoms with Gasteiger partial charge in [-0.05, 0) is 47.8 Å². The van der Waals surface area contributed by atoms with Crippen molar-refractivity contribution in [1.29, 1.82) is 0 Å². The van der Waals surface area contributed by atoms with Gasteiger partial charge < -0.3 is 10.1 Å². The van der Waals surface area contributed by atoms with Crippen LogP contribution in [0.5, 0.6) is 5.88 Å². The van der Waals surface area contributed by atoms with Crippen molar-refractivity contribution in [2.24, 2.45) is 0 Å². The molecule has 0 unspecified atom stereocenters. The first-order chi connectivity index (χ1) is 9.67. The van der Waals surface area contributed by atoms with E-state index in [0.717, 1.165) is 28.9 Å². The first kappa shape index (κ1) is 15.3. The molecule has 0 fully saturated rings. The molecule has 0 saturated carbocycles. The second-order valence-corrected chi connectivity index (χ2v) is 6.95. The van der Waals surface area contributed by atoms with E-state index in [1.807, 2.05) is 13.0 Å². The molecule has 0 atom stereocenters. The summed E-state index contributed by atoms with van der Waals surface area (Å²) in [6, 6.07) is 6.06. The zero-order valence-electron chi connectivity index (χ0n) is 11.6. The van der Waals surface area contributed by atoms with Crippen LogP contribution < -0.4 is 10.1 Å². The summed E-state index contributed by atoms with van der Waals surface area (Å²) >= 11 is 5.22. The molecule has 0 radical (unpaired) electrons. The summed E-state index contributed by atoms with van der Waals surface area (Å²) in [5.41, 5.74) is 0.910. The quantitative estimate of drug-likeness (QED) is 0.813. The topological polar surface area (TPSA) is 47.0 Å². The third-order valence-corrected chi connectivity index (χ3v) is 4.25. The van der Waals surface area contributed by atoms with Crippen molar-refractivity contribution in [3.8, 4) is 5.88 Å². The molecule has 1 N–H and O–H groups in total. The van der Waals surface area contributed by atoms with Gasteiger partial charge in [-0.2, -0.15) is 4.98 Å². The summed E-state index contributed by atoms with van der Waals surface area (Å²) in [6.07, 6.45) is 1.93. The second-order valence-electron chi connectivity index (χ2n) is 4.40. The Morgan fingerprint density at radius 2 is 2.20 bits per heavy atom. The lowest BCUT2D eigenvalue weighted by Crippen LogP contribution is -2.09. The van der Waals surface area contributed by atoms with Gasteiger partial charge in [0.05, 0.1) is 10.4 Å². The highest BCUT2D eigenvalue weighted by molar-refractivity contribution is 9.11. The molecule has 0 aliphatic carbocycles. The number of anilines is 1. The third kappa shape index (κ3) is 4.76. The van der Waals surface area contributed by atoms with Crippen LogP contribution in [-0.4, -0.2) is 23.1 Å². The first-order valence-corrected chi connectivity index (χ1v) is 8.25. The Labute approximate surface area is 131 Å². The Kier molecular flexibility index (Phi) is 5.79. The summed E-state index contributed by atoms with van der Waals surface area (Å²) in [4.78, 5) is 10.1. The lowest BCUT2D eigenvalue weighted by Gasteiger charge is -2.08. The minimum absolute atomic E-state index is 0.631. The molecule has 2 rings (SSSR count). The molecule has 0 bridgehead atoms. The third-order valence-electron chi connectivity index (χ3n) is 2.57. The molecule has 2 aromatic rings. The lowest BCUT2D eigenvalue weighted by molar-refractivity contribution is 0.305. The molecular formula is C14H18BrN3OS. The van der Waals surface area contributed by atoms with E-state index in [-0.39, 0.29) is 0 Å². The number of ether oxygens (including phenoxy) is 1. The van der Waals surface area contributed by atoms with Gasteiger partial charge >= 0.3 is 0 Å². The van der Waals surface area contributed by atoms with Gasteiger partial charge in [-0.25, -0.2) is 4.98 Å². The Balaban J connectivity index is 1.89. The molecule has 4 nitrogen and oxygen atoms in total. The largest absolute Gasteiger partial charge is 0.478 e. The van der Waals surface area contributed by atoms with Gasteiger partial charge in [0, 0.05) is 23.2 Å². The highest BCUT2D eigenvalue weighted by atomic mass is 79.9. The van der Waals surface area contributed by atoms with Crippen LogP contribution in [0.3, 0.4) is 0 Å². The zero-order chi connectivity index (χ0) is 14.4. The standard InChI is InChI=1S/C14H18BrN3OS/c1-3-8-19-13-9-10(2)17-14(18-13)16-7-6-11-4-5-12(15)20-11/h4-5,9H,3,6-8H2,1-2H3,(H,16,17,18). The van der Waals surface area contributed by atoms with Crippen LogP contribution in [0.4, 0.5) is 5.95 Å². The minimum atomic E-state index is 0.631. The number of rotatable bonds is 7. The average molecular weight is 356 g/mol. The maximum absolute atomic E-state index is 5.55. The summed E-state index contributed by atoms with van der Waals surface area (Å²) < 4.78 is 6.71. The Bertz CT molecular complexity index is 559. The minimum Gasteiger partial charge on any atom is -0.478 e. The zero-order valence-corrected chi connectivity index (χ0v) is 14.1. The number of hydrogen-bond acceptors (Lipinski definition) is 5. The fourth-order valence-electron chi connectivity index (χ4n) is 1.68. The van der Waals surface area contributed by atoms with E-state index in [4.69, 9.17) is 4.74 Å². The molecule has 0 aliphatic rings. The fourth-order valence-corrected chi connectivity index (χ4v) is 3.17. The van der Waals surface area contributed by atoms with E-state index in [0.29, 0.717) is 18.4 Å². The first-order valence-electron chi connectivity index (χ1n) is 6.64. The number of nitrogens with zero attached hydrogens (tertiary/aromatic N) is 2. The number of thiophene rings is 1. The number of nitrogens with one attached hydrogen (secondary N) is 1. The Morgan fingerprint density at radius 3 is 2.90 bits per heavy atom. The summed E-state index contributed by atoms with van der Waals surface area (Å²) in [5.74, 6) is 1.27. The Morgan fingerprint density at radius 1 is 1.35 bits per heavy atom. The van der Waals surface area contributed by atoms with E-state index in [9.17, 15) is 0 Å². The van der Waals surface area contributed by atoms with Gasteiger partial charge in [-0.1, -0.05) is 6.92 Å². The number of halogens is 1. The Hall–Kier alpha value is -1.14. The highest BCUT2D eigenvalue weighted by Gasteiger charge is 2.03. The van der Waals surface area contributed by atoms with Crippen LogP contribution in [-0.2, 0) is 6.42 Å². The fraction of sp³-hybridized carbons (Fsp3) is 0.429. The summed E-state index contributed by atoms with van der Waals surface area (Å²) in [5, 5.41) is 3.25. The number of hydrogen-bond donors (Lipinski definition) is 1. The van der Waals surface area contributed by atoms with Crippen LogP contribution in [0, 0.1) is 6.92 Å². The van der Waals surface area contributed by atoms with Gasteiger partial charge in [0.15, 0.2) is 0 Å². The SMILES string of the molecule is CCCOc1cc(C)nc(NCCc2ccc(Br)s2)n1. The van der Waals surface area contributed by atoms with Gasteiger partial charge in [0.2, 0.25) is 11.8 Å². The number of aryl methyl sites for hydroxylation is 1. The van der Waals surface area contributed by atoms with Crippen LogP contribution >= 0.6 is 27.3 Å². The molecule has 2 heterocycles. The highest BCUT2D eigenvalue weighted by Crippen LogP contribution is 2.22. The second kappa shape index (κ2) is 7.59. The van der Waals surface area contributed by atoms with Crippen LogP contribution in [0.15, 0.2) is 22.0 Å². The molecule has 0 aliphatic heterocycles. The van der Waals surface area contributed by atoms with Gasteiger partial charge in [-0.3, -0.25) is 0 Å².